The molecular formula is C19H20ClFO3. The minimum Gasteiger partial charge on any atom is -0.488 e. The van der Waals surface area contributed by atoms with Gasteiger partial charge in [-0.25, -0.2) is 4.39 Å². The minimum atomic E-state index is -0.353. The van der Waals surface area contributed by atoms with Gasteiger partial charge < -0.3 is 9.47 Å². The molecule has 0 aliphatic carbocycles. The molecule has 24 heavy (non-hydrogen) atoms. The molecule has 0 N–H and O–H groups in total. The van der Waals surface area contributed by atoms with E-state index in [0.29, 0.717) is 27.6 Å². The average molecular weight is 351 g/mol. The van der Waals surface area contributed by atoms with Gasteiger partial charge in [0.1, 0.15) is 23.9 Å². The summed E-state index contributed by atoms with van der Waals surface area (Å²) in [5.41, 5.74) is 2.05. The summed E-state index contributed by atoms with van der Waals surface area (Å²) in [6, 6.07) is 8.21. The molecule has 128 valence electrons. The molecular weight excluding hydrogens is 331 g/mol. The fourth-order valence-corrected chi connectivity index (χ4v) is 2.47. The maximum absolute atomic E-state index is 13.8. The number of esters is 1. The number of rotatable bonds is 6. The van der Waals surface area contributed by atoms with E-state index < -0.39 is 0 Å². The van der Waals surface area contributed by atoms with E-state index in [0.717, 1.165) is 12.0 Å². The molecule has 0 aliphatic heterocycles. The first-order valence-corrected chi connectivity index (χ1v) is 8.23. The lowest BCUT2D eigenvalue weighted by molar-refractivity contribution is -0.134. The van der Waals surface area contributed by atoms with Crippen LogP contribution < -0.4 is 9.47 Å². The summed E-state index contributed by atoms with van der Waals surface area (Å²) in [6.07, 6.45) is 0.979. The molecule has 0 saturated carbocycles. The number of hydrogen-bond acceptors (Lipinski definition) is 3. The number of halogens is 2. The van der Waals surface area contributed by atoms with Crippen LogP contribution >= 0.6 is 11.6 Å². The van der Waals surface area contributed by atoms with Gasteiger partial charge in [0, 0.05) is 12.5 Å². The summed E-state index contributed by atoms with van der Waals surface area (Å²) in [5.74, 6) is 0.154. The molecule has 0 amide bonds. The first-order valence-electron chi connectivity index (χ1n) is 7.86. The summed E-state index contributed by atoms with van der Waals surface area (Å²) < 4.78 is 24.9. The van der Waals surface area contributed by atoms with Crippen molar-refractivity contribution in [3.8, 4) is 11.5 Å². The Balaban J connectivity index is 2.26. The molecule has 0 fully saturated rings. The van der Waals surface area contributed by atoms with Crippen LogP contribution in [0, 0.1) is 12.7 Å². The second-order valence-electron chi connectivity index (χ2n) is 5.40. The van der Waals surface area contributed by atoms with Gasteiger partial charge >= 0.3 is 5.97 Å². The van der Waals surface area contributed by atoms with Gasteiger partial charge in [0.05, 0.1) is 10.6 Å². The van der Waals surface area contributed by atoms with E-state index in [1.807, 2.05) is 6.92 Å². The summed E-state index contributed by atoms with van der Waals surface area (Å²) in [7, 11) is 0. The summed E-state index contributed by atoms with van der Waals surface area (Å²) in [6.45, 7) is 5.49. The third kappa shape index (κ3) is 4.26. The Hall–Kier alpha value is -2.07. The van der Waals surface area contributed by atoms with E-state index in [1.165, 1.54) is 6.07 Å². The first-order chi connectivity index (χ1) is 11.5. The number of benzene rings is 2. The molecule has 0 heterocycles. The highest BCUT2D eigenvalue weighted by molar-refractivity contribution is 6.31. The predicted molar refractivity (Wildman–Crippen MR) is 92.2 cm³/mol. The Labute approximate surface area is 146 Å². The maximum atomic E-state index is 13.8. The normalized spacial score (nSPS) is 10.5. The largest absolute Gasteiger partial charge is 0.488 e. The van der Waals surface area contributed by atoms with E-state index >= 15 is 0 Å². The van der Waals surface area contributed by atoms with Gasteiger partial charge in [0.15, 0.2) is 0 Å². The van der Waals surface area contributed by atoms with Crippen molar-refractivity contribution < 1.29 is 18.7 Å². The molecule has 2 rings (SSSR count). The topological polar surface area (TPSA) is 35.5 Å². The smallest absolute Gasteiger partial charge is 0.310 e. The number of carbonyl (C=O) groups excluding carboxylic acids is 1. The fraction of sp³-hybridized carbons (Fsp3) is 0.316. The highest BCUT2D eigenvalue weighted by atomic mass is 35.5. The van der Waals surface area contributed by atoms with Crippen molar-refractivity contribution in [2.75, 3.05) is 0 Å². The Morgan fingerprint density at radius 3 is 2.62 bits per heavy atom. The zero-order chi connectivity index (χ0) is 17.7. The maximum Gasteiger partial charge on any atom is 0.310 e. The average Bonchev–Trinajstić information content (AvgIpc) is 2.56. The minimum absolute atomic E-state index is 0.0848. The molecule has 2 aromatic rings. The lowest BCUT2D eigenvalue weighted by Gasteiger charge is -2.15. The van der Waals surface area contributed by atoms with Crippen LogP contribution in [-0.4, -0.2) is 5.97 Å². The first kappa shape index (κ1) is 18.3. The number of hydrogen-bond donors (Lipinski definition) is 0. The lowest BCUT2D eigenvalue weighted by atomic mass is 10.1. The molecule has 3 nitrogen and oxygen atoms in total. The molecule has 2 aromatic carbocycles. The van der Waals surface area contributed by atoms with Crippen molar-refractivity contribution in [1.82, 2.24) is 0 Å². The van der Waals surface area contributed by atoms with E-state index in [2.05, 4.69) is 0 Å². The molecule has 0 aliphatic rings. The molecule has 0 unspecified atom stereocenters. The Morgan fingerprint density at radius 1 is 1.21 bits per heavy atom. The zero-order valence-electron chi connectivity index (χ0n) is 14.0. The molecule has 0 aromatic heterocycles. The number of ether oxygens (including phenoxy) is 2. The Morgan fingerprint density at radius 2 is 1.96 bits per heavy atom. The van der Waals surface area contributed by atoms with E-state index in [1.54, 1.807) is 38.1 Å². The van der Waals surface area contributed by atoms with Gasteiger partial charge in [-0.1, -0.05) is 31.5 Å². The van der Waals surface area contributed by atoms with Crippen molar-refractivity contribution >= 4 is 17.6 Å². The Bertz CT molecular complexity index is 744. The standard InChI is InChI=1S/C19H20ClFO3/c1-4-13-9-12(3)16(21)10-18(13)23-11-14-15(20)7-6-8-17(14)24-19(22)5-2/h6-10H,4-5,11H2,1-3H3. The molecule has 0 radical (unpaired) electrons. The number of carbonyl (C=O) groups is 1. The van der Waals surface area contributed by atoms with Crippen molar-refractivity contribution in [3.05, 3.63) is 57.9 Å². The van der Waals surface area contributed by atoms with Crippen molar-refractivity contribution in [3.63, 3.8) is 0 Å². The molecule has 0 spiro atoms. The van der Waals surface area contributed by atoms with Crippen LogP contribution in [0.2, 0.25) is 5.02 Å². The highest BCUT2D eigenvalue weighted by Gasteiger charge is 2.14. The van der Waals surface area contributed by atoms with Crippen LogP contribution in [0.3, 0.4) is 0 Å². The Kier molecular flexibility index (Phi) is 6.21. The summed E-state index contributed by atoms with van der Waals surface area (Å²) in [4.78, 5) is 11.5. The lowest BCUT2D eigenvalue weighted by Crippen LogP contribution is -2.09. The van der Waals surface area contributed by atoms with Crippen LogP contribution in [0.15, 0.2) is 30.3 Å². The molecule has 0 bridgehead atoms. The van der Waals surface area contributed by atoms with Gasteiger partial charge in [-0.15, -0.1) is 0 Å². The quantitative estimate of drug-likeness (QED) is 0.527. The third-order valence-corrected chi connectivity index (χ3v) is 4.04. The highest BCUT2D eigenvalue weighted by Crippen LogP contribution is 2.30. The van der Waals surface area contributed by atoms with Gasteiger partial charge in [-0.05, 0) is 42.7 Å². The van der Waals surface area contributed by atoms with Gasteiger partial charge in [-0.2, -0.15) is 0 Å². The second-order valence-corrected chi connectivity index (χ2v) is 5.80. The number of aryl methyl sites for hydroxylation is 2. The van der Waals surface area contributed by atoms with Crippen molar-refractivity contribution in [2.24, 2.45) is 0 Å². The second kappa shape index (κ2) is 8.15. The van der Waals surface area contributed by atoms with E-state index in [9.17, 15) is 9.18 Å². The van der Waals surface area contributed by atoms with E-state index in [-0.39, 0.29) is 24.8 Å². The van der Waals surface area contributed by atoms with Crippen LogP contribution in [0.4, 0.5) is 4.39 Å². The zero-order valence-corrected chi connectivity index (χ0v) is 14.7. The SMILES string of the molecule is CCC(=O)Oc1cccc(Cl)c1COc1cc(F)c(C)cc1CC. The fourth-order valence-electron chi connectivity index (χ4n) is 2.25. The van der Waals surface area contributed by atoms with Crippen molar-refractivity contribution in [2.45, 2.75) is 40.2 Å². The van der Waals surface area contributed by atoms with Crippen molar-refractivity contribution in [1.29, 1.82) is 0 Å². The summed E-state index contributed by atoms with van der Waals surface area (Å²) in [5, 5.41) is 0.432. The molecule has 0 saturated heterocycles. The van der Waals surface area contributed by atoms with Crippen LogP contribution in [-0.2, 0) is 17.8 Å². The van der Waals surface area contributed by atoms with Crippen LogP contribution in [0.1, 0.15) is 37.0 Å². The van der Waals surface area contributed by atoms with Gasteiger partial charge in [-0.3, -0.25) is 4.79 Å². The predicted octanol–water partition coefficient (Wildman–Crippen LogP) is 5.24. The van der Waals surface area contributed by atoms with Gasteiger partial charge in [0.2, 0.25) is 0 Å². The van der Waals surface area contributed by atoms with E-state index in [4.69, 9.17) is 21.1 Å². The monoisotopic (exact) mass is 350 g/mol. The summed E-state index contributed by atoms with van der Waals surface area (Å²) >= 11 is 6.21. The molecule has 5 heteroatoms. The molecule has 0 atom stereocenters. The van der Waals surface area contributed by atoms with Crippen LogP contribution in [0.25, 0.3) is 0 Å². The van der Waals surface area contributed by atoms with Gasteiger partial charge in [0.25, 0.3) is 0 Å². The third-order valence-electron chi connectivity index (χ3n) is 3.68. The van der Waals surface area contributed by atoms with Crippen LogP contribution in [0.5, 0.6) is 11.5 Å².